The minimum atomic E-state index is -0.973. The molecule has 1 aromatic carbocycles. The summed E-state index contributed by atoms with van der Waals surface area (Å²) in [6, 6.07) is 2.00. The Kier molecular flexibility index (Phi) is 5.71. The largest absolute Gasteiger partial charge is 0.480 e. The molecule has 0 spiro atoms. The number of carbonyl (C=O) groups excluding carboxylic acids is 1. The Morgan fingerprint density at radius 3 is 2.64 bits per heavy atom. The summed E-state index contributed by atoms with van der Waals surface area (Å²) >= 11 is 12.3. The molecule has 0 saturated carbocycles. The lowest BCUT2D eigenvalue weighted by Crippen LogP contribution is -2.42. The lowest BCUT2D eigenvalue weighted by atomic mass is 9.91. The maximum Gasteiger partial charge on any atom is 0.326 e. The molecule has 3 rings (SSSR count). The second-order valence-electron chi connectivity index (χ2n) is 6.64. The van der Waals surface area contributed by atoms with E-state index in [-0.39, 0.29) is 12.3 Å². The fraction of sp³-hybridized carbons (Fsp3) is 0.529. The van der Waals surface area contributed by atoms with Gasteiger partial charge < -0.3 is 21.1 Å². The van der Waals surface area contributed by atoms with E-state index in [2.05, 4.69) is 16.0 Å². The molecule has 25 heavy (non-hydrogen) atoms. The molecule has 1 fully saturated rings. The minimum absolute atomic E-state index is 0.0695. The van der Waals surface area contributed by atoms with Crippen molar-refractivity contribution in [2.24, 2.45) is 5.92 Å². The standard InChI is InChI=1S/C17H21Cl2N3O3/c18-10-6-11(19)16-12(7-10)21-14(17(24)25)8-13(16)22-15(23)5-9-1-3-20-4-2-9/h6-7,9,13-14,20-21H,1-5,8H2,(H,22,23)(H,24,25). The van der Waals surface area contributed by atoms with Crippen LogP contribution in [0.1, 0.15) is 37.3 Å². The fourth-order valence-corrected chi connectivity index (χ4v) is 4.18. The molecule has 1 saturated heterocycles. The molecular weight excluding hydrogens is 365 g/mol. The van der Waals surface area contributed by atoms with Crippen LogP contribution in [0.3, 0.4) is 0 Å². The van der Waals surface area contributed by atoms with Gasteiger partial charge in [0.1, 0.15) is 6.04 Å². The second-order valence-corrected chi connectivity index (χ2v) is 7.48. The number of fused-ring (bicyclic) bond motifs is 1. The van der Waals surface area contributed by atoms with Gasteiger partial charge in [-0.15, -0.1) is 0 Å². The number of halogens is 2. The van der Waals surface area contributed by atoms with Crippen molar-refractivity contribution in [2.45, 2.75) is 37.8 Å². The molecular formula is C17H21Cl2N3O3. The predicted molar refractivity (Wildman–Crippen MR) is 97.2 cm³/mol. The minimum Gasteiger partial charge on any atom is -0.480 e. The van der Waals surface area contributed by atoms with E-state index in [0.29, 0.717) is 33.6 Å². The number of hydrogen-bond acceptors (Lipinski definition) is 4. The Morgan fingerprint density at radius 2 is 1.96 bits per heavy atom. The van der Waals surface area contributed by atoms with Gasteiger partial charge in [-0.25, -0.2) is 4.79 Å². The van der Waals surface area contributed by atoms with Crippen LogP contribution < -0.4 is 16.0 Å². The van der Waals surface area contributed by atoms with E-state index in [1.807, 2.05) is 0 Å². The summed E-state index contributed by atoms with van der Waals surface area (Å²) in [6.07, 6.45) is 2.64. The van der Waals surface area contributed by atoms with Gasteiger partial charge in [-0.05, 0) is 44.0 Å². The fourth-order valence-electron chi connectivity index (χ4n) is 3.55. The molecule has 0 radical (unpaired) electrons. The first-order chi connectivity index (χ1) is 11.9. The maximum absolute atomic E-state index is 12.5. The number of amides is 1. The zero-order valence-corrected chi connectivity index (χ0v) is 15.2. The number of benzene rings is 1. The van der Waals surface area contributed by atoms with Gasteiger partial charge in [-0.3, -0.25) is 4.79 Å². The number of piperidine rings is 1. The van der Waals surface area contributed by atoms with E-state index in [1.54, 1.807) is 12.1 Å². The Hall–Kier alpha value is -1.50. The molecule has 4 N–H and O–H groups in total. The molecule has 0 aliphatic carbocycles. The summed E-state index contributed by atoms with van der Waals surface area (Å²) in [6.45, 7) is 1.86. The number of carboxylic acid groups (broad SMARTS) is 1. The molecule has 2 heterocycles. The summed E-state index contributed by atoms with van der Waals surface area (Å²) in [4.78, 5) is 23.9. The Labute approximate surface area is 156 Å². The van der Waals surface area contributed by atoms with Crippen molar-refractivity contribution >= 4 is 40.8 Å². The molecule has 136 valence electrons. The number of aliphatic carboxylic acids is 1. The lowest BCUT2D eigenvalue weighted by Gasteiger charge is -2.33. The van der Waals surface area contributed by atoms with Crippen LogP contribution in [0.2, 0.25) is 10.0 Å². The quantitative estimate of drug-likeness (QED) is 0.639. The zero-order chi connectivity index (χ0) is 18.0. The average molecular weight is 386 g/mol. The van der Waals surface area contributed by atoms with Crippen LogP contribution in [-0.2, 0) is 9.59 Å². The number of rotatable bonds is 4. The molecule has 1 aromatic rings. The van der Waals surface area contributed by atoms with Crippen molar-refractivity contribution in [2.75, 3.05) is 18.4 Å². The number of carbonyl (C=O) groups is 2. The second kappa shape index (κ2) is 7.81. The topological polar surface area (TPSA) is 90.5 Å². The van der Waals surface area contributed by atoms with Gasteiger partial charge in [0.25, 0.3) is 0 Å². The third-order valence-corrected chi connectivity index (χ3v) is 5.34. The highest BCUT2D eigenvalue weighted by Crippen LogP contribution is 2.40. The van der Waals surface area contributed by atoms with Gasteiger partial charge in [-0.2, -0.15) is 0 Å². The van der Waals surface area contributed by atoms with Gasteiger partial charge in [0.05, 0.1) is 6.04 Å². The first-order valence-corrected chi connectivity index (χ1v) is 9.18. The number of hydrogen-bond donors (Lipinski definition) is 4. The Balaban J connectivity index is 1.77. The highest BCUT2D eigenvalue weighted by atomic mass is 35.5. The smallest absolute Gasteiger partial charge is 0.326 e. The third-order valence-electron chi connectivity index (χ3n) is 4.81. The van der Waals surface area contributed by atoms with E-state index in [9.17, 15) is 14.7 Å². The molecule has 6 nitrogen and oxygen atoms in total. The predicted octanol–water partition coefficient (Wildman–Crippen LogP) is 2.81. The highest BCUT2D eigenvalue weighted by Gasteiger charge is 2.33. The van der Waals surface area contributed by atoms with Gasteiger partial charge in [0.2, 0.25) is 5.91 Å². The summed E-state index contributed by atoms with van der Waals surface area (Å²) in [5.74, 6) is -0.683. The Morgan fingerprint density at radius 1 is 1.24 bits per heavy atom. The van der Waals surface area contributed by atoms with Crippen molar-refractivity contribution in [3.05, 3.63) is 27.7 Å². The van der Waals surface area contributed by atoms with Crippen LogP contribution in [0.25, 0.3) is 0 Å². The zero-order valence-electron chi connectivity index (χ0n) is 13.6. The lowest BCUT2D eigenvalue weighted by molar-refractivity contribution is -0.138. The van der Waals surface area contributed by atoms with E-state index >= 15 is 0 Å². The molecule has 2 aliphatic rings. The summed E-state index contributed by atoms with van der Waals surface area (Å²) < 4.78 is 0. The molecule has 1 amide bonds. The van der Waals surface area contributed by atoms with Crippen molar-refractivity contribution < 1.29 is 14.7 Å². The monoisotopic (exact) mass is 385 g/mol. The molecule has 2 unspecified atom stereocenters. The van der Waals surface area contributed by atoms with Crippen molar-refractivity contribution in [1.29, 1.82) is 0 Å². The van der Waals surface area contributed by atoms with Crippen LogP contribution in [0.4, 0.5) is 5.69 Å². The Bertz CT molecular complexity index is 677. The van der Waals surface area contributed by atoms with Crippen molar-refractivity contribution in [1.82, 2.24) is 10.6 Å². The van der Waals surface area contributed by atoms with Crippen LogP contribution in [0.5, 0.6) is 0 Å². The number of anilines is 1. The van der Waals surface area contributed by atoms with Crippen LogP contribution in [0.15, 0.2) is 12.1 Å². The molecule has 8 heteroatoms. The molecule has 0 aromatic heterocycles. The molecule has 0 bridgehead atoms. The van der Waals surface area contributed by atoms with Crippen molar-refractivity contribution in [3.8, 4) is 0 Å². The molecule has 2 atom stereocenters. The van der Waals surface area contributed by atoms with Gasteiger partial charge in [0.15, 0.2) is 0 Å². The van der Waals surface area contributed by atoms with Crippen LogP contribution in [0, 0.1) is 5.92 Å². The SMILES string of the molecule is O=C(CC1CCNCC1)NC1CC(C(=O)O)Nc2cc(Cl)cc(Cl)c21. The highest BCUT2D eigenvalue weighted by molar-refractivity contribution is 6.35. The summed E-state index contributed by atoms with van der Waals surface area (Å²) in [7, 11) is 0. The van der Waals surface area contributed by atoms with E-state index < -0.39 is 18.1 Å². The summed E-state index contributed by atoms with van der Waals surface area (Å²) in [5.41, 5.74) is 1.26. The van der Waals surface area contributed by atoms with Crippen LogP contribution >= 0.6 is 23.2 Å². The summed E-state index contributed by atoms with van der Waals surface area (Å²) in [5, 5.41) is 19.4. The van der Waals surface area contributed by atoms with E-state index in [4.69, 9.17) is 23.2 Å². The van der Waals surface area contributed by atoms with Gasteiger partial charge in [-0.1, -0.05) is 23.2 Å². The van der Waals surface area contributed by atoms with E-state index in [1.165, 1.54) is 0 Å². The average Bonchev–Trinajstić information content (AvgIpc) is 2.54. The number of nitrogens with one attached hydrogen (secondary N) is 3. The molecule has 2 aliphatic heterocycles. The van der Waals surface area contributed by atoms with E-state index in [0.717, 1.165) is 25.9 Å². The first-order valence-electron chi connectivity index (χ1n) is 8.42. The third kappa shape index (κ3) is 4.37. The van der Waals surface area contributed by atoms with Crippen molar-refractivity contribution in [3.63, 3.8) is 0 Å². The van der Waals surface area contributed by atoms with Crippen LogP contribution in [-0.4, -0.2) is 36.1 Å². The number of carboxylic acids is 1. The van der Waals surface area contributed by atoms with Gasteiger partial charge in [0, 0.05) is 34.1 Å². The van der Waals surface area contributed by atoms with Gasteiger partial charge >= 0.3 is 5.97 Å². The maximum atomic E-state index is 12.5. The normalized spacial score (nSPS) is 23.4. The first kappa shape index (κ1) is 18.3.